The number of amides is 1. The topological polar surface area (TPSA) is 38.3 Å². The number of methoxy groups -OCH3 is 1. The first-order valence-corrected chi connectivity index (χ1v) is 10.6. The van der Waals surface area contributed by atoms with Gasteiger partial charge in [-0.1, -0.05) is 55.5 Å². The Bertz CT molecular complexity index is 726. The largest absolute Gasteiger partial charge is 0.380 e. The fourth-order valence-corrected chi connectivity index (χ4v) is 4.65. The van der Waals surface area contributed by atoms with Crippen LogP contribution in [0.5, 0.6) is 0 Å². The van der Waals surface area contributed by atoms with Gasteiger partial charge in [0.2, 0.25) is 5.91 Å². The van der Waals surface area contributed by atoms with Crippen LogP contribution >= 0.6 is 11.3 Å². The number of thiophene rings is 1. The van der Waals surface area contributed by atoms with E-state index in [0.717, 1.165) is 19.3 Å². The van der Waals surface area contributed by atoms with E-state index in [1.54, 1.807) is 18.4 Å². The molecule has 0 fully saturated rings. The van der Waals surface area contributed by atoms with Crippen LogP contribution in [0.25, 0.3) is 0 Å². The van der Waals surface area contributed by atoms with Crippen molar-refractivity contribution in [1.29, 1.82) is 0 Å². The molecule has 1 N–H and O–H groups in total. The van der Waals surface area contributed by atoms with Gasteiger partial charge in [-0.2, -0.15) is 0 Å². The summed E-state index contributed by atoms with van der Waals surface area (Å²) < 4.78 is 5.75. The second kappa shape index (κ2) is 9.86. The average molecular weight is 384 g/mol. The molecule has 1 heterocycles. The molecule has 1 aromatic carbocycles. The number of carbonyl (C=O) groups excluding carboxylic acids is 1. The molecule has 2 aromatic rings. The summed E-state index contributed by atoms with van der Waals surface area (Å²) in [5, 5.41) is 5.35. The number of nitrogens with one attached hydrogen (secondary N) is 1. The van der Waals surface area contributed by atoms with Gasteiger partial charge in [0.15, 0.2) is 0 Å². The van der Waals surface area contributed by atoms with Crippen molar-refractivity contribution < 1.29 is 9.53 Å². The average Bonchev–Trinajstić information content (AvgIpc) is 3.24. The van der Waals surface area contributed by atoms with E-state index in [4.69, 9.17) is 4.74 Å². The molecule has 1 amide bonds. The third-order valence-corrected chi connectivity index (χ3v) is 6.36. The molecular formula is C23H29NO2S. The summed E-state index contributed by atoms with van der Waals surface area (Å²) >= 11 is 1.69. The van der Waals surface area contributed by atoms with Crippen LogP contribution in [0.4, 0.5) is 0 Å². The summed E-state index contributed by atoms with van der Waals surface area (Å²) in [4.78, 5) is 14.3. The summed E-state index contributed by atoms with van der Waals surface area (Å²) in [7, 11) is 1.72. The van der Waals surface area contributed by atoms with Crippen molar-refractivity contribution in [3.8, 4) is 0 Å². The molecule has 144 valence electrons. The lowest BCUT2D eigenvalue weighted by Crippen LogP contribution is -2.42. The van der Waals surface area contributed by atoms with Crippen molar-refractivity contribution in [3.63, 3.8) is 0 Å². The van der Waals surface area contributed by atoms with Crippen molar-refractivity contribution in [1.82, 2.24) is 5.32 Å². The molecule has 4 unspecified atom stereocenters. The van der Waals surface area contributed by atoms with Gasteiger partial charge in [0.25, 0.3) is 0 Å². The van der Waals surface area contributed by atoms with E-state index in [1.807, 2.05) is 31.2 Å². The molecule has 0 bridgehead atoms. The summed E-state index contributed by atoms with van der Waals surface area (Å²) in [5.74, 6) is 0.190. The Morgan fingerprint density at radius 2 is 2.07 bits per heavy atom. The molecule has 1 aromatic heterocycles. The van der Waals surface area contributed by atoms with Crippen molar-refractivity contribution in [3.05, 3.63) is 70.4 Å². The maximum absolute atomic E-state index is 13.1. The first kappa shape index (κ1) is 19.8. The van der Waals surface area contributed by atoms with Crippen LogP contribution in [-0.4, -0.2) is 19.1 Å². The number of hydrogen-bond donors (Lipinski definition) is 1. The van der Waals surface area contributed by atoms with Crippen molar-refractivity contribution in [2.45, 2.75) is 44.8 Å². The first-order chi connectivity index (χ1) is 13.2. The van der Waals surface area contributed by atoms with Crippen molar-refractivity contribution in [2.24, 2.45) is 11.8 Å². The number of benzene rings is 1. The Labute approximate surface area is 166 Å². The maximum Gasteiger partial charge on any atom is 0.225 e. The Kier molecular flexibility index (Phi) is 7.25. The van der Waals surface area contributed by atoms with E-state index in [0.29, 0.717) is 5.92 Å². The van der Waals surface area contributed by atoms with Gasteiger partial charge in [-0.05, 0) is 42.7 Å². The molecule has 1 aliphatic rings. The molecule has 0 aliphatic heterocycles. The minimum atomic E-state index is -0.194. The highest BCUT2D eigenvalue weighted by molar-refractivity contribution is 7.10. The highest BCUT2D eigenvalue weighted by atomic mass is 32.1. The molecule has 0 saturated carbocycles. The zero-order valence-corrected chi connectivity index (χ0v) is 17.0. The number of ether oxygens (including phenoxy) is 1. The lowest BCUT2D eigenvalue weighted by atomic mass is 9.84. The van der Waals surface area contributed by atoms with Crippen molar-refractivity contribution >= 4 is 17.2 Å². The molecule has 4 heteroatoms. The molecule has 1 aliphatic carbocycles. The smallest absolute Gasteiger partial charge is 0.225 e. The van der Waals surface area contributed by atoms with Crippen molar-refractivity contribution in [2.75, 3.05) is 7.11 Å². The van der Waals surface area contributed by atoms with E-state index >= 15 is 0 Å². The van der Waals surface area contributed by atoms with Crippen LogP contribution in [-0.2, 0) is 16.0 Å². The molecule has 0 radical (unpaired) electrons. The Morgan fingerprint density at radius 1 is 1.26 bits per heavy atom. The predicted octanol–water partition coefficient (Wildman–Crippen LogP) is 5.16. The van der Waals surface area contributed by atoms with Gasteiger partial charge in [0, 0.05) is 17.9 Å². The molecule has 3 nitrogen and oxygen atoms in total. The molecule has 3 rings (SSSR count). The molecule has 0 spiro atoms. The number of hydrogen-bond acceptors (Lipinski definition) is 3. The highest BCUT2D eigenvalue weighted by Crippen LogP contribution is 2.28. The minimum Gasteiger partial charge on any atom is -0.380 e. The summed E-state index contributed by atoms with van der Waals surface area (Å²) in [6, 6.07) is 14.5. The lowest BCUT2D eigenvalue weighted by Gasteiger charge is -2.31. The third-order valence-electron chi connectivity index (χ3n) is 5.38. The molecular weight excluding hydrogens is 354 g/mol. The quantitative estimate of drug-likeness (QED) is 0.640. The second-order valence-electron chi connectivity index (χ2n) is 7.28. The van der Waals surface area contributed by atoms with Crippen LogP contribution < -0.4 is 5.32 Å². The number of rotatable bonds is 8. The van der Waals surface area contributed by atoms with Crippen LogP contribution in [0.3, 0.4) is 0 Å². The van der Waals surface area contributed by atoms with Gasteiger partial charge in [0.1, 0.15) is 0 Å². The van der Waals surface area contributed by atoms with E-state index in [1.165, 1.54) is 16.9 Å². The zero-order chi connectivity index (χ0) is 19.1. The first-order valence-electron chi connectivity index (χ1n) is 9.76. The fraction of sp³-hybridized carbons (Fsp3) is 0.435. The second-order valence-corrected chi connectivity index (χ2v) is 8.26. The van der Waals surface area contributed by atoms with E-state index in [-0.39, 0.29) is 24.0 Å². The summed E-state index contributed by atoms with van der Waals surface area (Å²) in [6.07, 6.45) is 8.54. The van der Waals surface area contributed by atoms with Crippen LogP contribution in [0.2, 0.25) is 0 Å². The highest BCUT2D eigenvalue weighted by Gasteiger charge is 2.31. The molecule has 0 saturated heterocycles. The minimum absolute atomic E-state index is 0.0123. The third kappa shape index (κ3) is 5.30. The maximum atomic E-state index is 13.1. The van der Waals surface area contributed by atoms with Gasteiger partial charge in [-0.3, -0.25) is 4.79 Å². The van der Waals surface area contributed by atoms with Gasteiger partial charge in [-0.15, -0.1) is 11.3 Å². The number of allylic oxidation sites excluding steroid dienone is 1. The SMILES string of the molecule is COC(C1C=CCCC1)C(C)C(=O)NC(Cc1ccccc1)c1cccs1. The van der Waals surface area contributed by atoms with Gasteiger partial charge >= 0.3 is 0 Å². The van der Waals surface area contributed by atoms with Crippen LogP contribution in [0.1, 0.15) is 42.7 Å². The standard InChI is InChI=1S/C23H29NO2S/c1-17(22(26-2)19-12-7-4-8-13-19)23(25)24-20(21-14-9-15-27-21)16-18-10-5-3-6-11-18/h3,5-7,9-12,14-15,17,19-20,22H,4,8,13,16H2,1-2H3,(H,24,25). The van der Waals surface area contributed by atoms with E-state index < -0.39 is 0 Å². The number of carbonyl (C=O) groups is 1. The summed E-state index contributed by atoms with van der Waals surface area (Å²) in [5.41, 5.74) is 1.22. The van der Waals surface area contributed by atoms with Gasteiger partial charge in [0.05, 0.1) is 18.1 Å². The van der Waals surface area contributed by atoms with Crippen LogP contribution in [0.15, 0.2) is 60.0 Å². The van der Waals surface area contributed by atoms with E-state index in [2.05, 4.69) is 41.0 Å². The van der Waals surface area contributed by atoms with E-state index in [9.17, 15) is 4.79 Å². The fourth-order valence-electron chi connectivity index (χ4n) is 3.88. The normalized spacial score (nSPS) is 20.0. The summed E-state index contributed by atoms with van der Waals surface area (Å²) in [6.45, 7) is 1.99. The predicted molar refractivity (Wildman–Crippen MR) is 112 cm³/mol. The molecule has 27 heavy (non-hydrogen) atoms. The Hall–Kier alpha value is -1.91. The molecule has 4 atom stereocenters. The Balaban J connectivity index is 1.71. The Morgan fingerprint density at radius 3 is 2.70 bits per heavy atom. The van der Waals surface area contributed by atoms with Gasteiger partial charge < -0.3 is 10.1 Å². The van der Waals surface area contributed by atoms with Gasteiger partial charge in [-0.25, -0.2) is 0 Å². The van der Waals surface area contributed by atoms with Crippen LogP contribution in [0, 0.1) is 11.8 Å². The monoisotopic (exact) mass is 383 g/mol. The zero-order valence-electron chi connectivity index (χ0n) is 16.1. The lowest BCUT2D eigenvalue weighted by molar-refractivity contribution is -0.130.